The van der Waals surface area contributed by atoms with Crippen LogP contribution >= 0.6 is 15.9 Å². The molecule has 0 saturated carbocycles. The Bertz CT molecular complexity index is 737. The van der Waals surface area contributed by atoms with Crippen LogP contribution in [0.5, 0.6) is 0 Å². The largest absolute Gasteiger partial charge is 0.397 e. The summed E-state index contributed by atoms with van der Waals surface area (Å²) in [6.07, 6.45) is 2.75. The lowest BCUT2D eigenvalue weighted by Crippen LogP contribution is -2.34. The third-order valence-corrected chi connectivity index (χ3v) is 4.99. The molecule has 0 bridgehead atoms. The average Bonchev–Trinajstić information content (AvgIpc) is 2.45. The van der Waals surface area contributed by atoms with E-state index in [0.717, 1.165) is 4.31 Å². The van der Waals surface area contributed by atoms with Gasteiger partial charge in [-0.3, -0.25) is 9.29 Å². The van der Waals surface area contributed by atoms with Gasteiger partial charge in [0.25, 0.3) is 10.0 Å². The molecule has 21 heavy (non-hydrogen) atoms. The zero-order chi connectivity index (χ0) is 15.5. The molecule has 2 rings (SSSR count). The minimum Gasteiger partial charge on any atom is -0.397 e. The van der Waals surface area contributed by atoms with E-state index in [9.17, 15) is 13.5 Å². The molecular weight excluding hydrogens is 358 g/mol. The van der Waals surface area contributed by atoms with Crippen molar-refractivity contribution in [3.8, 4) is 0 Å². The number of rotatable bonds is 5. The number of hydrogen-bond donors (Lipinski definition) is 2. The van der Waals surface area contributed by atoms with E-state index in [1.807, 2.05) is 0 Å². The van der Waals surface area contributed by atoms with Gasteiger partial charge >= 0.3 is 0 Å². The molecule has 0 saturated heterocycles. The van der Waals surface area contributed by atoms with Crippen LogP contribution in [0.2, 0.25) is 0 Å². The Balaban J connectivity index is 2.54. The second-order valence-corrected chi connectivity index (χ2v) is 6.98. The van der Waals surface area contributed by atoms with Gasteiger partial charge < -0.3 is 10.8 Å². The van der Waals surface area contributed by atoms with Gasteiger partial charge in [-0.1, -0.05) is 12.1 Å². The standard InChI is InChI=1S/C13H14BrN3O3S/c14-10-7-11(9-16-8-10)21(19,20)17(5-6-18)13-4-2-1-3-12(13)15/h1-4,7-9,18H,5-6,15H2. The number of nitrogen functional groups attached to an aromatic ring is 1. The molecule has 0 radical (unpaired) electrons. The van der Waals surface area contributed by atoms with Gasteiger partial charge in [-0.25, -0.2) is 8.42 Å². The van der Waals surface area contributed by atoms with Gasteiger partial charge in [0, 0.05) is 16.9 Å². The number of anilines is 2. The molecule has 0 aliphatic carbocycles. The zero-order valence-corrected chi connectivity index (χ0v) is 13.4. The van der Waals surface area contributed by atoms with Gasteiger partial charge in [0.1, 0.15) is 4.90 Å². The van der Waals surface area contributed by atoms with Crippen LogP contribution in [-0.4, -0.2) is 31.7 Å². The minimum absolute atomic E-state index is 0.0218. The van der Waals surface area contributed by atoms with Crippen LogP contribution in [-0.2, 0) is 10.0 Å². The fraction of sp³-hybridized carbons (Fsp3) is 0.154. The molecule has 0 spiro atoms. The molecule has 3 N–H and O–H groups in total. The highest BCUT2D eigenvalue weighted by molar-refractivity contribution is 9.10. The van der Waals surface area contributed by atoms with E-state index >= 15 is 0 Å². The lowest BCUT2D eigenvalue weighted by Gasteiger charge is -2.24. The maximum atomic E-state index is 12.7. The predicted octanol–water partition coefficient (Wildman–Crippen LogP) is 1.61. The van der Waals surface area contributed by atoms with Gasteiger partial charge in [0.15, 0.2) is 0 Å². The number of pyridine rings is 1. The summed E-state index contributed by atoms with van der Waals surface area (Å²) in [5.74, 6) is 0. The first-order valence-electron chi connectivity index (χ1n) is 6.05. The van der Waals surface area contributed by atoms with Crippen LogP contribution in [0.4, 0.5) is 11.4 Å². The highest BCUT2D eigenvalue weighted by Gasteiger charge is 2.26. The highest BCUT2D eigenvalue weighted by atomic mass is 79.9. The van der Waals surface area contributed by atoms with Gasteiger partial charge in [-0.2, -0.15) is 0 Å². The first-order chi connectivity index (χ1) is 9.96. The van der Waals surface area contributed by atoms with Crippen molar-refractivity contribution in [2.75, 3.05) is 23.2 Å². The summed E-state index contributed by atoms with van der Waals surface area (Å²) in [5.41, 5.74) is 6.49. The Kier molecular flexibility index (Phi) is 4.81. The summed E-state index contributed by atoms with van der Waals surface area (Å²) in [6, 6.07) is 8.04. The summed E-state index contributed by atoms with van der Waals surface area (Å²) in [7, 11) is -3.86. The Morgan fingerprint density at radius 3 is 2.62 bits per heavy atom. The highest BCUT2D eigenvalue weighted by Crippen LogP contribution is 2.28. The van der Waals surface area contributed by atoms with Crippen molar-refractivity contribution in [2.24, 2.45) is 0 Å². The number of benzene rings is 1. The summed E-state index contributed by atoms with van der Waals surface area (Å²) in [6.45, 7) is -0.419. The molecule has 2 aromatic rings. The summed E-state index contributed by atoms with van der Waals surface area (Å²) in [4.78, 5) is 3.88. The summed E-state index contributed by atoms with van der Waals surface area (Å²) in [5, 5.41) is 9.18. The smallest absolute Gasteiger partial charge is 0.266 e. The predicted molar refractivity (Wildman–Crippen MR) is 84.4 cm³/mol. The molecule has 6 nitrogen and oxygen atoms in total. The molecule has 0 fully saturated rings. The zero-order valence-electron chi connectivity index (χ0n) is 11.0. The van der Waals surface area contributed by atoms with Crippen molar-refractivity contribution in [3.63, 3.8) is 0 Å². The molecule has 0 aliphatic heterocycles. The second kappa shape index (κ2) is 6.42. The fourth-order valence-corrected chi connectivity index (χ4v) is 3.82. The quantitative estimate of drug-likeness (QED) is 0.778. The van der Waals surface area contributed by atoms with E-state index in [4.69, 9.17) is 5.73 Å². The molecule has 1 aromatic heterocycles. The normalized spacial score (nSPS) is 11.3. The number of hydrogen-bond acceptors (Lipinski definition) is 5. The number of halogens is 1. The second-order valence-electron chi connectivity index (χ2n) is 4.20. The maximum absolute atomic E-state index is 12.7. The topological polar surface area (TPSA) is 96.5 Å². The number of aliphatic hydroxyl groups excluding tert-OH is 1. The number of nitrogens with two attached hydrogens (primary N) is 1. The number of sulfonamides is 1. The Hall–Kier alpha value is -1.64. The third kappa shape index (κ3) is 3.34. The van der Waals surface area contributed by atoms with Crippen molar-refractivity contribution in [3.05, 3.63) is 47.2 Å². The lowest BCUT2D eigenvalue weighted by molar-refractivity contribution is 0.306. The first kappa shape index (κ1) is 15.7. The molecule has 0 atom stereocenters. The maximum Gasteiger partial charge on any atom is 0.266 e. The molecule has 0 aliphatic rings. The summed E-state index contributed by atoms with van der Waals surface area (Å²) < 4.78 is 27.1. The average molecular weight is 372 g/mol. The number of aromatic nitrogens is 1. The van der Waals surface area contributed by atoms with E-state index in [-0.39, 0.29) is 18.0 Å². The molecule has 112 valence electrons. The van der Waals surface area contributed by atoms with E-state index < -0.39 is 10.0 Å². The van der Waals surface area contributed by atoms with Crippen molar-refractivity contribution < 1.29 is 13.5 Å². The molecule has 1 heterocycles. The van der Waals surface area contributed by atoms with Gasteiger partial charge in [-0.15, -0.1) is 0 Å². The monoisotopic (exact) mass is 371 g/mol. The molecule has 0 unspecified atom stereocenters. The van der Waals surface area contributed by atoms with Crippen LogP contribution in [0.3, 0.4) is 0 Å². The Morgan fingerprint density at radius 2 is 2.00 bits per heavy atom. The lowest BCUT2D eigenvalue weighted by atomic mass is 10.3. The summed E-state index contributed by atoms with van der Waals surface area (Å²) >= 11 is 3.19. The van der Waals surface area contributed by atoms with Crippen LogP contribution < -0.4 is 10.0 Å². The Labute approximate surface area is 131 Å². The van der Waals surface area contributed by atoms with E-state index in [1.165, 1.54) is 18.5 Å². The molecule has 0 amide bonds. The molecular formula is C13H14BrN3O3S. The van der Waals surface area contributed by atoms with Gasteiger partial charge in [0.2, 0.25) is 0 Å². The minimum atomic E-state index is -3.86. The van der Waals surface area contributed by atoms with Gasteiger partial charge in [-0.05, 0) is 34.1 Å². The van der Waals surface area contributed by atoms with Crippen molar-refractivity contribution in [2.45, 2.75) is 4.90 Å². The van der Waals surface area contributed by atoms with E-state index in [0.29, 0.717) is 15.8 Å². The third-order valence-electron chi connectivity index (χ3n) is 2.78. The van der Waals surface area contributed by atoms with Crippen molar-refractivity contribution in [1.82, 2.24) is 4.98 Å². The van der Waals surface area contributed by atoms with Crippen LogP contribution in [0.25, 0.3) is 0 Å². The van der Waals surface area contributed by atoms with Crippen molar-refractivity contribution in [1.29, 1.82) is 0 Å². The van der Waals surface area contributed by atoms with Crippen molar-refractivity contribution >= 4 is 37.3 Å². The van der Waals surface area contributed by atoms with E-state index in [1.54, 1.807) is 24.3 Å². The van der Waals surface area contributed by atoms with Crippen LogP contribution in [0.1, 0.15) is 0 Å². The van der Waals surface area contributed by atoms with Crippen LogP contribution in [0.15, 0.2) is 52.1 Å². The van der Waals surface area contributed by atoms with E-state index in [2.05, 4.69) is 20.9 Å². The number of para-hydroxylation sites is 2. The number of aliphatic hydroxyl groups is 1. The van der Waals surface area contributed by atoms with Crippen LogP contribution in [0, 0.1) is 0 Å². The Morgan fingerprint density at radius 1 is 1.29 bits per heavy atom. The number of nitrogens with zero attached hydrogens (tertiary/aromatic N) is 2. The fourth-order valence-electron chi connectivity index (χ4n) is 1.84. The first-order valence-corrected chi connectivity index (χ1v) is 8.29. The SMILES string of the molecule is Nc1ccccc1N(CCO)S(=O)(=O)c1cncc(Br)c1. The molecule has 8 heteroatoms. The molecule has 1 aromatic carbocycles. The van der Waals surface area contributed by atoms with Gasteiger partial charge in [0.05, 0.1) is 24.5 Å².